The highest BCUT2D eigenvalue weighted by molar-refractivity contribution is 5.93. The molecule has 2 saturated heterocycles. The molecule has 1 aromatic carbocycles. The highest BCUT2D eigenvalue weighted by Gasteiger charge is 2.20. The normalized spacial score (nSPS) is 18.3. The first-order valence-corrected chi connectivity index (χ1v) is 13.6. The average Bonchev–Trinajstić information content (AvgIpc) is 2.86. The molecule has 0 aliphatic carbocycles. The maximum atomic E-state index is 12.5. The Morgan fingerprint density at radius 2 is 1.29 bits per heavy atom. The number of likely N-dealkylation sites (tertiary alicyclic amines) is 2. The zero-order chi connectivity index (χ0) is 25.0. The summed E-state index contributed by atoms with van der Waals surface area (Å²) < 4.78 is 0. The van der Waals surface area contributed by atoms with Gasteiger partial charge >= 0.3 is 12.1 Å². The molecule has 2 aliphatic heterocycles. The number of hydrogen-bond donors (Lipinski definition) is 4. The predicted octanol–water partition coefficient (Wildman–Crippen LogP) is 4.48. The molecule has 0 saturated carbocycles. The number of anilines is 2. The number of hydrogen-bond acceptors (Lipinski definition) is 4. The molecule has 2 fully saturated rings. The summed E-state index contributed by atoms with van der Waals surface area (Å²) in [6.45, 7) is 14.6. The van der Waals surface area contributed by atoms with Crippen LogP contribution in [0.2, 0.25) is 0 Å². The lowest BCUT2D eigenvalue weighted by atomic mass is 9.97. The minimum atomic E-state index is -0.199. The van der Waals surface area contributed by atoms with Crippen molar-refractivity contribution in [2.75, 3.05) is 63.0 Å². The van der Waals surface area contributed by atoms with Gasteiger partial charge in [-0.25, -0.2) is 9.59 Å². The zero-order valence-electron chi connectivity index (χ0n) is 22.0. The van der Waals surface area contributed by atoms with E-state index in [0.29, 0.717) is 36.3 Å². The Kier molecular flexibility index (Phi) is 11.1. The van der Waals surface area contributed by atoms with E-state index in [4.69, 9.17) is 0 Å². The molecule has 4 N–H and O–H groups in total. The molecule has 2 aliphatic rings. The van der Waals surface area contributed by atoms with Gasteiger partial charge in [-0.05, 0) is 114 Å². The third-order valence-electron chi connectivity index (χ3n) is 7.34. The van der Waals surface area contributed by atoms with Crippen molar-refractivity contribution in [3.05, 3.63) is 23.8 Å². The van der Waals surface area contributed by atoms with Gasteiger partial charge in [0, 0.05) is 24.5 Å². The summed E-state index contributed by atoms with van der Waals surface area (Å²) in [5, 5.41) is 11.9. The summed E-state index contributed by atoms with van der Waals surface area (Å²) in [6.07, 6.45) is 6.91. The Labute approximate surface area is 211 Å². The van der Waals surface area contributed by atoms with Crippen molar-refractivity contribution >= 4 is 23.4 Å². The molecule has 8 heteroatoms. The maximum Gasteiger partial charge on any atom is 0.319 e. The van der Waals surface area contributed by atoms with Crippen molar-refractivity contribution in [2.45, 2.75) is 59.3 Å². The lowest BCUT2D eigenvalue weighted by Gasteiger charge is -2.31. The van der Waals surface area contributed by atoms with E-state index in [0.717, 1.165) is 57.4 Å². The number of amides is 4. The van der Waals surface area contributed by atoms with Crippen LogP contribution in [0.25, 0.3) is 0 Å². The molecule has 35 heavy (non-hydrogen) atoms. The second-order valence-electron chi connectivity index (χ2n) is 10.3. The van der Waals surface area contributed by atoms with Crippen LogP contribution in [-0.4, -0.2) is 74.2 Å². The van der Waals surface area contributed by atoms with E-state index >= 15 is 0 Å². The number of benzene rings is 1. The van der Waals surface area contributed by atoms with E-state index in [2.05, 4.69) is 44.9 Å². The van der Waals surface area contributed by atoms with Crippen molar-refractivity contribution < 1.29 is 9.59 Å². The van der Waals surface area contributed by atoms with Crippen molar-refractivity contribution in [2.24, 2.45) is 11.8 Å². The van der Waals surface area contributed by atoms with Crippen LogP contribution in [0, 0.1) is 18.8 Å². The topological polar surface area (TPSA) is 88.7 Å². The minimum Gasteiger partial charge on any atom is -0.338 e. The molecule has 8 nitrogen and oxygen atoms in total. The number of piperidine rings is 2. The Morgan fingerprint density at radius 3 is 1.77 bits per heavy atom. The molecule has 2 heterocycles. The second-order valence-corrected chi connectivity index (χ2v) is 10.3. The third-order valence-corrected chi connectivity index (χ3v) is 7.34. The van der Waals surface area contributed by atoms with Crippen LogP contribution in [0.4, 0.5) is 21.0 Å². The standard InChI is InChI=1S/C27H46N6O2/c1-4-12-32-14-8-22(9-15-32)19-28-26(34)30-24-7-6-21(3)25(18-24)31-27(35)29-20-23-10-16-33(13-5-2)17-11-23/h6-7,18,22-23H,4-5,8-17,19-20H2,1-3H3,(H2,28,30,34)(H2,29,31,35). The molecule has 0 atom stereocenters. The molecule has 3 rings (SSSR count). The van der Waals surface area contributed by atoms with Gasteiger partial charge in [-0.3, -0.25) is 0 Å². The van der Waals surface area contributed by atoms with Crippen LogP contribution in [0.1, 0.15) is 57.9 Å². The lowest BCUT2D eigenvalue weighted by Crippen LogP contribution is -2.40. The molecule has 4 amide bonds. The molecule has 0 spiro atoms. The number of urea groups is 2. The first-order chi connectivity index (χ1) is 17.0. The van der Waals surface area contributed by atoms with E-state index < -0.39 is 0 Å². The van der Waals surface area contributed by atoms with E-state index in [1.165, 1.54) is 25.9 Å². The van der Waals surface area contributed by atoms with Crippen LogP contribution in [0.3, 0.4) is 0 Å². The van der Waals surface area contributed by atoms with Gasteiger partial charge < -0.3 is 31.1 Å². The van der Waals surface area contributed by atoms with Crippen molar-refractivity contribution in [1.29, 1.82) is 0 Å². The summed E-state index contributed by atoms with van der Waals surface area (Å²) in [5.41, 5.74) is 2.34. The van der Waals surface area contributed by atoms with Gasteiger partial charge in [0.2, 0.25) is 0 Å². The number of rotatable bonds is 10. The first-order valence-electron chi connectivity index (χ1n) is 13.6. The van der Waals surface area contributed by atoms with Gasteiger partial charge in [0.15, 0.2) is 0 Å². The Bertz CT molecular complexity index is 801. The van der Waals surface area contributed by atoms with E-state index in [1.54, 1.807) is 0 Å². The predicted molar refractivity (Wildman–Crippen MR) is 144 cm³/mol. The van der Waals surface area contributed by atoms with Gasteiger partial charge in [0.1, 0.15) is 0 Å². The second kappa shape index (κ2) is 14.3. The average molecular weight is 487 g/mol. The Morgan fingerprint density at radius 1 is 0.800 bits per heavy atom. The quantitative estimate of drug-likeness (QED) is 0.393. The molecular formula is C27H46N6O2. The molecule has 196 valence electrons. The highest BCUT2D eigenvalue weighted by Crippen LogP contribution is 2.21. The summed E-state index contributed by atoms with van der Waals surface area (Å²) in [4.78, 5) is 30.0. The van der Waals surface area contributed by atoms with Crippen molar-refractivity contribution in [3.63, 3.8) is 0 Å². The number of nitrogens with one attached hydrogen (secondary N) is 4. The van der Waals surface area contributed by atoms with Gasteiger partial charge in [0.25, 0.3) is 0 Å². The monoisotopic (exact) mass is 486 g/mol. The Hall–Kier alpha value is -2.32. The number of nitrogens with zero attached hydrogens (tertiary/aromatic N) is 2. The maximum absolute atomic E-state index is 12.5. The fourth-order valence-corrected chi connectivity index (χ4v) is 5.11. The highest BCUT2D eigenvalue weighted by atomic mass is 16.2. The van der Waals surface area contributed by atoms with Gasteiger partial charge in [-0.1, -0.05) is 19.9 Å². The minimum absolute atomic E-state index is 0.194. The largest absolute Gasteiger partial charge is 0.338 e. The van der Waals surface area contributed by atoms with Crippen LogP contribution in [-0.2, 0) is 0 Å². The molecule has 1 aromatic rings. The van der Waals surface area contributed by atoms with Gasteiger partial charge in [-0.2, -0.15) is 0 Å². The number of carbonyl (C=O) groups excluding carboxylic acids is 2. The lowest BCUT2D eigenvalue weighted by molar-refractivity contribution is 0.182. The van der Waals surface area contributed by atoms with E-state index in [1.807, 2.05) is 25.1 Å². The molecule has 0 aromatic heterocycles. The molecule has 0 unspecified atom stereocenters. The van der Waals surface area contributed by atoms with Crippen LogP contribution in [0.5, 0.6) is 0 Å². The van der Waals surface area contributed by atoms with Crippen molar-refractivity contribution in [1.82, 2.24) is 20.4 Å². The molecular weight excluding hydrogens is 440 g/mol. The van der Waals surface area contributed by atoms with Crippen LogP contribution < -0.4 is 21.3 Å². The summed E-state index contributed by atoms with van der Waals surface area (Å²) in [7, 11) is 0. The van der Waals surface area contributed by atoms with Crippen LogP contribution >= 0.6 is 0 Å². The Balaban J connectivity index is 1.38. The fraction of sp³-hybridized carbons (Fsp3) is 0.704. The summed E-state index contributed by atoms with van der Waals surface area (Å²) in [6, 6.07) is 5.21. The zero-order valence-corrected chi connectivity index (χ0v) is 22.0. The SMILES string of the molecule is CCCN1CCC(CNC(=O)Nc2ccc(C)c(NC(=O)NCC3CCN(CCC)CC3)c2)CC1. The molecule has 0 radical (unpaired) electrons. The van der Waals surface area contributed by atoms with Gasteiger partial charge in [0.05, 0.1) is 0 Å². The van der Waals surface area contributed by atoms with Gasteiger partial charge in [-0.15, -0.1) is 0 Å². The first kappa shape index (κ1) is 27.3. The smallest absolute Gasteiger partial charge is 0.319 e. The number of aryl methyl sites for hydroxylation is 1. The van der Waals surface area contributed by atoms with Crippen molar-refractivity contribution in [3.8, 4) is 0 Å². The fourth-order valence-electron chi connectivity index (χ4n) is 5.11. The molecule has 0 bridgehead atoms. The van der Waals surface area contributed by atoms with E-state index in [-0.39, 0.29) is 12.1 Å². The van der Waals surface area contributed by atoms with Crippen LogP contribution in [0.15, 0.2) is 18.2 Å². The summed E-state index contributed by atoms with van der Waals surface area (Å²) >= 11 is 0. The number of carbonyl (C=O) groups is 2. The third kappa shape index (κ3) is 9.33. The van der Waals surface area contributed by atoms with E-state index in [9.17, 15) is 9.59 Å². The summed E-state index contributed by atoms with van der Waals surface area (Å²) in [5.74, 6) is 1.07.